The summed E-state index contributed by atoms with van der Waals surface area (Å²) in [4.78, 5) is 12.6. The predicted molar refractivity (Wildman–Crippen MR) is 96.0 cm³/mol. The molecule has 4 rings (SSSR count). The van der Waals surface area contributed by atoms with Crippen molar-refractivity contribution in [3.63, 3.8) is 0 Å². The molecule has 1 saturated heterocycles. The lowest BCUT2D eigenvalue weighted by molar-refractivity contribution is -0.173. The maximum atomic E-state index is 13.7. The summed E-state index contributed by atoms with van der Waals surface area (Å²) in [7, 11) is 0. The Balaban J connectivity index is 1.60. The lowest BCUT2D eigenvalue weighted by atomic mass is 9.96. The molecule has 1 fully saturated rings. The number of rotatable bonds is 4. The van der Waals surface area contributed by atoms with E-state index in [1.807, 2.05) is 6.07 Å². The van der Waals surface area contributed by atoms with E-state index in [0.29, 0.717) is 13.2 Å². The first-order valence-electron chi connectivity index (χ1n) is 9.29. The van der Waals surface area contributed by atoms with Crippen molar-refractivity contribution in [2.24, 2.45) is 0 Å². The summed E-state index contributed by atoms with van der Waals surface area (Å²) in [5, 5.41) is 9.70. The fourth-order valence-electron chi connectivity index (χ4n) is 3.74. The van der Waals surface area contributed by atoms with E-state index < -0.39 is 24.2 Å². The van der Waals surface area contributed by atoms with Crippen molar-refractivity contribution in [3.8, 4) is 0 Å². The number of carbonyl (C=O) groups is 1. The second-order valence-electron chi connectivity index (χ2n) is 7.10. The number of halogens is 3. The van der Waals surface area contributed by atoms with Gasteiger partial charge in [-0.05, 0) is 18.4 Å². The number of nitrogens with zero attached hydrogens (tertiary/aromatic N) is 2. The molecule has 2 aliphatic heterocycles. The Hall–Kier alpha value is -2.55. The molecule has 0 radical (unpaired) electrons. The average molecular weight is 394 g/mol. The van der Waals surface area contributed by atoms with Gasteiger partial charge in [0.05, 0.1) is 18.3 Å². The molecule has 3 atom stereocenters. The molecule has 0 unspecified atom stereocenters. The van der Waals surface area contributed by atoms with Gasteiger partial charge in [0.1, 0.15) is 11.4 Å². The Morgan fingerprint density at radius 3 is 2.79 bits per heavy atom. The molecule has 1 aromatic heterocycles. The first-order chi connectivity index (χ1) is 13.4. The van der Waals surface area contributed by atoms with Crippen molar-refractivity contribution < 1.29 is 22.7 Å². The van der Waals surface area contributed by atoms with Crippen LogP contribution in [-0.4, -0.2) is 41.1 Å². The summed E-state index contributed by atoms with van der Waals surface area (Å²) < 4.78 is 47.3. The fraction of sp³-hybridized carbons (Fsp3) is 0.474. The van der Waals surface area contributed by atoms with Crippen LogP contribution >= 0.6 is 0 Å². The highest BCUT2D eigenvalue weighted by molar-refractivity contribution is 5.98. The average Bonchev–Trinajstić information content (AvgIpc) is 3.35. The molecule has 2 aliphatic rings. The molecule has 1 aromatic carbocycles. The van der Waals surface area contributed by atoms with Crippen LogP contribution in [0.3, 0.4) is 0 Å². The zero-order chi connectivity index (χ0) is 19.7. The first-order valence-corrected chi connectivity index (χ1v) is 9.29. The molecule has 9 heteroatoms. The van der Waals surface area contributed by atoms with E-state index in [1.165, 1.54) is 6.20 Å². The van der Waals surface area contributed by atoms with Crippen LogP contribution in [0.4, 0.5) is 19.0 Å². The lowest BCUT2D eigenvalue weighted by Gasteiger charge is -2.34. The number of aromatic nitrogens is 2. The fourth-order valence-corrected chi connectivity index (χ4v) is 3.74. The van der Waals surface area contributed by atoms with Gasteiger partial charge in [-0.15, -0.1) is 0 Å². The Bertz CT molecular complexity index is 831. The second-order valence-corrected chi connectivity index (χ2v) is 7.10. The Kier molecular flexibility index (Phi) is 5.01. The summed E-state index contributed by atoms with van der Waals surface area (Å²) in [6.45, 7) is 0.992. The highest BCUT2D eigenvalue weighted by atomic mass is 19.4. The SMILES string of the molecule is O=C(NC[C@@H]1CCCO1)c1cnn2c1N[C@@H](c1ccccc1)C[C@@H]2C(F)(F)F. The van der Waals surface area contributed by atoms with Gasteiger partial charge in [0.25, 0.3) is 5.91 Å². The van der Waals surface area contributed by atoms with Crippen LogP contribution in [0.15, 0.2) is 36.5 Å². The highest BCUT2D eigenvalue weighted by Crippen LogP contribution is 2.44. The van der Waals surface area contributed by atoms with Gasteiger partial charge in [0.15, 0.2) is 6.04 Å². The van der Waals surface area contributed by atoms with Crippen LogP contribution in [0.5, 0.6) is 0 Å². The van der Waals surface area contributed by atoms with Crippen LogP contribution in [0.1, 0.15) is 47.3 Å². The number of fused-ring (bicyclic) bond motifs is 1. The Morgan fingerprint density at radius 2 is 2.11 bits per heavy atom. The van der Waals surface area contributed by atoms with E-state index in [2.05, 4.69) is 15.7 Å². The number of nitrogens with one attached hydrogen (secondary N) is 2. The third kappa shape index (κ3) is 3.71. The van der Waals surface area contributed by atoms with Crippen LogP contribution in [-0.2, 0) is 4.74 Å². The molecular formula is C19H21F3N4O2. The van der Waals surface area contributed by atoms with E-state index in [1.54, 1.807) is 24.3 Å². The minimum atomic E-state index is -4.47. The molecule has 2 aromatic rings. The van der Waals surface area contributed by atoms with Crippen LogP contribution in [0.2, 0.25) is 0 Å². The summed E-state index contributed by atoms with van der Waals surface area (Å²) in [6.07, 6.45) is -1.73. The van der Waals surface area contributed by atoms with E-state index >= 15 is 0 Å². The van der Waals surface area contributed by atoms with Gasteiger partial charge in [-0.25, -0.2) is 4.68 Å². The minimum absolute atomic E-state index is 0.0525. The number of benzene rings is 1. The van der Waals surface area contributed by atoms with Gasteiger partial charge in [-0.1, -0.05) is 30.3 Å². The zero-order valence-electron chi connectivity index (χ0n) is 15.1. The summed E-state index contributed by atoms with van der Waals surface area (Å²) in [5.74, 6) is -0.369. The van der Waals surface area contributed by atoms with E-state index in [9.17, 15) is 18.0 Å². The third-order valence-electron chi connectivity index (χ3n) is 5.20. The summed E-state index contributed by atoms with van der Waals surface area (Å²) in [6, 6.07) is 6.54. The number of anilines is 1. The van der Waals surface area contributed by atoms with Crippen LogP contribution in [0, 0.1) is 0 Å². The molecule has 3 heterocycles. The van der Waals surface area contributed by atoms with E-state index in [0.717, 1.165) is 23.1 Å². The van der Waals surface area contributed by atoms with E-state index in [-0.39, 0.29) is 23.9 Å². The van der Waals surface area contributed by atoms with Crippen molar-refractivity contribution >= 4 is 11.7 Å². The number of alkyl halides is 3. The predicted octanol–water partition coefficient (Wildman–Crippen LogP) is 3.45. The summed E-state index contributed by atoms with van der Waals surface area (Å²) in [5.41, 5.74) is 0.836. The van der Waals surface area contributed by atoms with Crippen molar-refractivity contribution in [3.05, 3.63) is 47.7 Å². The largest absolute Gasteiger partial charge is 0.410 e. The Labute approximate surface area is 160 Å². The Morgan fingerprint density at radius 1 is 1.32 bits per heavy atom. The number of carbonyl (C=O) groups excluding carboxylic acids is 1. The molecule has 0 bridgehead atoms. The standard InChI is InChI=1S/C19H21F3N4O2/c20-19(21,22)16-9-15(12-5-2-1-3-6-12)25-17-14(11-24-26(16)17)18(27)23-10-13-7-4-8-28-13/h1-3,5-6,11,13,15-16,25H,4,7-10H2,(H,23,27)/t13-,15+,16+/m0/s1. The van der Waals surface area contributed by atoms with Gasteiger partial charge in [0, 0.05) is 19.6 Å². The quantitative estimate of drug-likeness (QED) is 0.834. The van der Waals surface area contributed by atoms with Gasteiger partial charge in [-0.3, -0.25) is 4.79 Å². The molecule has 0 spiro atoms. The third-order valence-corrected chi connectivity index (χ3v) is 5.20. The van der Waals surface area contributed by atoms with Gasteiger partial charge in [0.2, 0.25) is 0 Å². The van der Waals surface area contributed by atoms with Gasteiger partial charge < -0.3 is 15.4 Å². The zero-order valence-corrected chi connectivity index (χ0v) is 15.1. The summed E-state index contributed by atoms with van der Waals surface area (Å²) >= 11 is 0. The monoisotopic (exact) mass is 394 g/mol. The maximum Gasteiger partial charge on any atom is 0.410 e. The van der Waals surface area contributed by atoms with Crippen molar-refractivity contribution in [1.82, 2.24) is 15.1 Å². The highest BCUT2D eigenvalue weighted by Gasteiger charge is 2.47. The molecule has 1 amide bonds. The molecule has 2 N–H and O–H groups in total. The lowest BCUT2D eigenvalue weighted by Crippen LogP contribution is -2.37. The second kappa shape index (κ2) is 7.46. The van der Waals surface area contributed by atoms with Crippen molar-refractivity contribution in [2.45, 2.75) is 43.6 Å². The molecular weight excluding hydrogens is 373 g/mol. The maximum absolute atomic E-state index is 13.7. The molecule has 6 nitrogen and oxygen atoms in total. The normalized spacial score (nSPS) is 24.5. The molecule has 150 valence electrons. The van der Waals surface area contributed by atoms with Gasteiger partial charge in [-0.2, -0.15) is 18.3 Å². The van der Waals surface area contributed by atoms with Crippen molar-refractivity contribution in [1.29, 1.82) is 0 Å². The van der Waals surface area contributed by atoms with Crippen molar-refractivity contribution in [2.75, 3.05) is 18.5 Å². The van der Waals surface area contributed by atoms with Crippen LogP contribution in [0.25, 0.3) is 0 Å². The minimum Gasteiger partial charge on any atom is -0.376 e. The topological polar surface area (TPSA) is 68.2 Å². The number of hydrogen-bond acceptors (Lipinski definition) is 4. The molecule has 0 saturated carbocycles. The first kappa shape index (κ1) is 18.8. The molecule has 0 aliphatic carbocycles. The molecule has 28 heavy (non-hydrogen) atoms. The van der Waals surface area contributed by atoms with Crippen LogP contribution < -0.4 is 10.6 Å². The van der Waals surface area contributed by atoms with E-state index in [4.69, 9.17) is 4.74 Å². The number of amides is 1. The smallest absolute Gasteiger partial charge is 0.376 e. The number of ether oxygens (including phenoxy) is 1. The number of hydrogen-bond donors (Lipinski definition) is 2. The van der Waals surface area contributed by atoms with Gasteiger partial charge >= 0.3 is 6.18 Å².